The fourth-order valence-electron chi connectivity index (χ4n) is 2.87. The van der Waals surface area contributed by atoms with E-state index < -0.39 is 18.9 Å². The Hall–Kier alpha value is -1.08. The van der Waals surface area contributed by atoms with Gasteiger partial charge in [0.25, 0.3) is 0 Å². The number of nitrogens with two attached hydrogens (primary N) is 1. The lowest BCUT2D eigenvalue weighted by Crippen LogP contribution is -2.43. The molecule has 120 valence electrons. The smallest absolute Gasteiger partial charge is 0.369 e. The van der Waals surface area contributed by atoms with Crippen molar-refractivity contribution in [3.63, 3.8) is 0 Å². The Morgan fingerprint density at radius 3 is 2.67 bits per heavy atom. The van der Waals surface area contributed by atoms with Gasteiger partial charge < -0.3 is 15.8 Å². The highest BCUT2D eigenvalue weighted by Gasteiger charge is 2.32. The number of alkyl halides is 3. The van der Waals surface area contributed by atoms with Gasteiger partial charge in [0.15, 0.2) is 0 Å². The molecule has 0 bridgehead atoms. The maximum Gasteiger partial charge on any atom is 0.411 e. The van der Waals surface area contributed by atoms with Crippen LogP contribution >= 0.6 is 0 Å². The molecule has 1 saturated carbocycles. The Kier molecular flexibility index (Phi) is 5.27. The minimum Gasteiger partial charge on any atom is -0.369 e. The summed E-state index contributed by atoms with van der Waals surface area (Å²) in [6.07, 6.45) is 2.02. The number of nitrogens with one attached hydrogen (secondary N) is 1. The van der Waals surface area contributed by atoms with Gasteiger partial charge in [0.2, 0.25) is 5.91 Å². The molecule has 0 aromatic carbocycles. The van der Waals surface area contributed by atoms with Crippen LogP contribution in [0.5, 0.6) is 0 Å². The summed E-state index contributed by atoms with van der Waals surface area (Å²) in [5, 5.41) is 2.90. The summed E-state index contributed by atoms with van der Waals surface area (Å²) >= 11 is 0. The molecule has 3 N–H and O–H groups in total. The van der Waals surface area contributed by atoms with Gasteiger partial charge >= 0.3 is 6.18 Å². The predicted octanol–water partition coefficient (Wildman–Crippen LogP) is 1.90. The molecule has 4 nitrogen and oxygen atoms in total. The molecule has 0 heterocycles. The minimum atomic E-state index is -4.30. The van der Waals surface area contributed by atoms with E-state index in [1.165, 1.54) is 0 Å². The highest BCUT2D eigenvalue weighted by Crippen LogP contribution is 2.25. The first-order valence-corrected chi connectivity index (χ1v) is 7.26. The third-order valence-electron chi connectivity index (χ3n) is 3.91. The van der Waals surface area contributed by atoms with Crippen molar-refractivity contribution in [2.45, 2.75) is 56.5 Å². The molecule has 0 saturated heterocycles. The molecule has 0 aromatic heterocycles. The maximum absolute atomic E-state index is 12.1. The molecule has 2 rings (SSSR count). The summed E-state index contributed by atoms with van der Waals surface area (Å²) < 4.78 is 41.3. The van der Waals surface area contributed by atoms with E-state index in [0.717, 1.165) is 12.8 Å². The van der Waals surface area contributed by atoms with Crippen molar-refractivity contribution in [3.05, 3.63) is 12.2 Å². The maximum atomic E-state index is 12.1. The first kappa shape index (κ1) is 16.3. The Morgan fingerprint density at radius 1 is 1.29 bits per heavy atom. The molecule has 2 aliphatic rings. The lowest BCUT2D eigenvalue weighted by molar-refractivity contribution is -0.188. The van der Waals surface area contributed by atoms with E-state index in [9.17, 15) is 18.0 Å². The molecule has 0 radical (unpaired) electrons. The third-order valence-corrected chi connectivity index (χ3v) is 3.91. The average Bonchev–Trinajstić information content (AvgIpc) is 2.83. The Morgan fingerprint density at radius 2 is 2.05 bits per heavy atom. The Labute approximate surface area is 121 Å². The average molecular weight is 306 g/mol. The number of amides is 1. The van der Waals surface area contributed by atoms with E-state index >= 15 is 0 Å². The van der Waals surface area contributed by atoms with Crippen LogP contribution in [-0.4, -0.2) is 36.9 Å². The van der Waals surface area contributed by atoms with Crippen molar-refractivity contribution in [1.29, 1.82) is 0 Å². The Balaban J connectivity index is 1.76. The molecular weight excluding hydrogens is 285 g/mol. The lowest BCUT2D eigenvalue weighted by Gasteiger charge is -2.30. The van der Waals surface area contributed by atoms with Crippen LogP contribution in [-0.2, 0) is 9.53 Å². The van der Waals surface area contributed by atoms with Crippen molar-refractivity contribution in [2.75, 3.05) is 6.61 Å². The molecule has 4 atom stereocenters. The quantitative estimate of drug-likeness (QED) is 0.780. The van der Waals surface area contributed by atoms with Crippen molar-refractivity contribution < 1.29 is 22.7 Å². The van der Waals surface area contributed by atoms with Crippen molar-refractivity contribution in [3.8, 4) is 0 Å². The topological polar surface area (TPSA) is 64.4 Å². The zero-order chi connectivity index (χ0) is 15.5. The fourth-order valence-corrected chi connectivity index (χ4v) is 2.87. The molecular formula is C14H21F3N2O2. The summed E-state index contributed by atoms with van der Waals surface area (Å²) in [4.78, 5) is 12.0. The van der Waals surface area contributed by atoms with Crippen LogP contribution in [0.2, 0.25) is 0 Å². The van der Waals surface area contributed by atoms with Crippen molar-refractivity contribution in [2.24, 2.45) is 11.7 Å². The van der Waals surface area contributed by atoms with Crippen LogP contribution in [0.25, 0.3) is 0 Å². The van der Waals surface area contributed by atoms with Crippen LogP contribution in [0.15, 0.2) is 12.2 Å². The van der Waals surface area contributed by atoms with Gasteiger partial charge in [-0.15, -0.1) is 0 Å². The third kappa shape index (κ3) is 5.32. The van der Waals surface area contributed by atoms with E-state index in [1.807, 2.05) is 0 Å². The van der Waals surface area contributed by atoms with Crippen LogP contribution < -0.4 is 11.1 Å². The van der Waals surface area contributed by atoms with Gasteiger partial charge in [-0.05, 0) is 32.1 Å². The summed E-state index contributed by atoms with van der Waals surface area (Å²) in [5.41, 5.74) is 5.71. The lowest BCUT2D eigenvalue weighted by atomic mass is 9.92. The standard InChI is InChI=1S/C14H21F3N2O2/c15-14(16,17)8-21-12-3-1-2-11(7-12)19-13(20)9-4-5-10(18)6-9/h4-5,9-12H,1-3,6-8,18H2,(H,19,20). The van der Waals surface area contributed by atoms with E-state index in [2.05, 4.69) is 5.32 Å². The molecule has 1 amide bonds. The molecule has 21 heavy (non-hydrogen) atoms. The first-order chi connectivity index (χ1) is 9.83. The van der Waals surface area contributed by atoms with Crippen molar-refractivity contribution >= 4 is 5.91 Å². The molecule has 0 aromatic rings. The SMILES string of the molecule is NC1C=CC(C(=O)NC2CCCC(OCC(F)(F)F)C2)C1. The first-order valence-electron chi connectivity index (χ1n) is 7.26. The summed E-state index contributed by atoms with van der Waals surface area (Å²) in [5.74, 6) is -0.322. The number of hydrogen-bond donors (Lipinski definition) is 2. The van der Waals surface area contributed by atoms with Gasteiger partial charge in [-0.2, -0.15) is 13.2 Å². The molecule has 4 unspecified atom stereocenters. The van der Waals surface area contributed by atoms with Crippen LogP contribution in [0.4, 0.5) is 13.2 Å². The summed E-state index contributed by atoms with van der Waals surface area (Å²) in [6, 6.07) is -0.204. The molecule has 1 fully saturated rings. The number of ether oxygens (including phenoxy) is 1. The minimum absolute atomic E-state index is 0.0880. The van der Waals surface area contributed by atoms with E-state index in [-0.39, 0.29) is 23.9 Å². The second-order valence-electron chi connectivity index (χ2n) is 5.81. The van der Waals surface area contributed by atoms with Gasteiger partial charge in [-0.1, -0.05) is 12.2 Å². The monoisotopic (exact) mass is 306 g/mol. The molecule has 7 heteroatoms. The van der Waals surface area contributed by atoms with Crippen molar-refractivity contribution in [1.82, 2.24) is 5.32 Å². The van der Waals surface area contributed by atoms with Crippen LogP contribution in [0.3, 0.4) is 0 Å². The number of carbonyl (C=O) groups excluding carboxylic acids is 1. The number of halogens is 3. The van der Waals surface area contributed by atoms with Gasteiger partial charge in [-0.25, -0.2) is 0 Å². The van der Waals surface area contributed by atoms with Gasteiger partial charge in [0.1, 0.15) is 6.61 Å². The van der Waals surface area contributed by atoms with E-state index in [0.29, 0.717) is 19.3 Å². The highest BCUT2D eigenvalue weighted by atomic mass is 19.4. The largest absolute Gasteiger partial charge is 0.411 e. The summed E-state index contributed by atoms with van der Waals surface area (Å²) in [6.45, 7) is -1.22. The number of hydrogen-bond acceptors (Lipinski definition) is 3. The number of rotatable bonds is 4. The van der Waals surface area contributed by atoms with Crippen LogP contribution in [0.1, 0.15) is 32.1 Å². The second kappa shape index (κ2) is 6.79. The number of carbonyl (C=O) groups is 1. The second-order valence-corrected chi connectivity index (χ2v) is 5.81. The fraction of sp³-hybridized carbons (Fsp3) is 0.786. The zero-order valence-electron chi connectivity index (χ0n) is 11.7. The van der Waals surface area contributed by atoms with Crippen LogP contribution in [0, 0.1) is 5.92 Å². The zero-order valence-corrected chi connectivity index (χ0v) is 11.7. The van der Waals surface area contributed by atoms with Gasteiger partial charge in [0, 0.05) is 12.1 Å². The normalized spacial score (nSPS) is 33.1. The molecule has 2 aliphatic carbocycles. The van der Waals surface area contributed by atoms with E-state index in [1.54, 1.807) is 12.2 Å². The highest BCUT2D eigenvalue weighted by molar-refractivity contribution is 5.81. The van der Waals surface area contributed by atoms with E-state index in [4.69, 9.17) is 10.5 Å². The summed E-state index contributed by atoms with van der Waals surface area (Å²) in [7, 11) is 0. The van der Waals surface area contributed by atoms with Gasteiger partial charge in [0.05, 0.1) is 12.0 Å². The molecule has 0 spiro atoms. The molecule has 0 aliphatic heterocycles. The Bertz CT molecular complexity index is 398. The van der Waals surface area contributed by atoms with Gasteiger partial charge in [-0.3, -0.25) is 4.79 Å². The predicted molar refractivity (Wildman–Crippen MR) is 71.4 cm³/mol.